The van der Waals surface area contributed by atoms with Gasteiger partial charge in [0.25, 0.3) is 0 Å². The van der Waals surface area contributed by atoms with Gasteiger partial charge in [-0.05, 0) is 48.9 Å². The number of benzene rings is 2. The van der Waals surface area contributed by atoms with Gasteiger partial charge in [0.1, 0.15) is 0 Å². The maximum atomic E-state index is 12.0. The summed E-state index contributed by atoms with van der Waals surface area (Å²) in [6.07, 6.45) is -0.183. The molecule has 3 rings (SSSR count). The molecule has 0 saturated carbocycles. The molecular formula is C19H17N5O2. The highest BCUT2D eigenvalue weighted by atomic mass is 16.5. The second-order valence-corrected chi connectivity index (χ2v) is 5.99. The maximum Gasteiger partial charge on any atom is 0.338 e. The molecule has 0 radical (unpaired) electrons. The molecule has 26 heavy (non-hydrogen) atoms. The molecule has 130 valence electrons. The van der Waals surface area contributed by atoms with Crippen molar-refractivity contribution in [2.75, 3.05) is 0 Å². The minimum Gasteiger partial charge on any atom is -0.459 e. The van der Waals surface area contributed by atoms with Gasteiger partial charge in [0.15, 0.2) is 0 Å². The van der Waals surface area contributed by atoms with Crippen LogP contribution in [0.15, 0.2) is 48.5 Å². The summed E-state index contributed by atoms with van der Waals surface area (Å²) < 4.78 is 5.21. The highest BCUT2D eigenvalue weighted by Gasteiger charge is 2.12. The minimum atomic E-state index is -0.383. The molecule has 0 N–H and O–H groups in total. The van der Waals surface area contributed by atoms with Gasteiger partial charge in [-0.3, -0.25) is 0 Å². The molecule has 0 bridgehead atoms. The van der Waals surface area contributed by atoms with Crippen LogP contribution in [-0.2, 0) is 11.3 Å². The fraction of sp³-hybridized carbons (Fsp3) is 0.211. The summed E-state index contributed by atoms with van der Waals surface area (Å²) in [5.41, 5.74) is 2.70. The Morgan fingerprint density at radius 1 is 1.23 bits per heavy atom. The lowest BCUT2D eigenvalue weighted by molar-refractivity contribution is 0.0378. The highest BCUT2D eigenvalue weighted by Crippen LogP contribution is 2.17. The van der Waals surface area contributed by atoms with E-state index in [1.165, 1.54) is 4.80 Å². The zero-order valence-corrected chi connectivity index (χ0v) is 14.5. The Morgan fingerprint density at radius 2 is 2.00 bits per heavy atom. The van der Waals surface area contributed by atoms with Gasteiger partial charge >= 0.3 is 5.97 Å². The van der Waals surface area contributed by atoms with Crippen LogP contribution in [0.25, 0.3) is 11.4 Å². The summed E-state index contributed by atoms with van der Waals surface area (Å²) >= 11 is 0. The van der Waals surface area contributed by atoms with E-state index < -0.39 is 0 Å². The average molecular weight is 347 g/mol. The topological polar surface area (TPSA) is 93.7 Å². The Labute approximate surface area is 150 Å². The first-order valence-electron chi connectivity index (χ1n) is 8.13. The SMILES string of the molecule is CC(C)OC(=O)c1cccc(-c2nnn(Cc3ccc(C#N)cc3)n2)c1. The molecule has 0 aliphatic heterocycles. The highest BCUT2D eigenvalue weighted by molar-refractivity contribution is 5.90. The van der Waals surface area contributed by atoms with Crippen LogP contribution in [0.2, 0.25) is 0 Å². The molecule has 0 aliphatic carbocycles. The Kier molecular flexibility index (Phi) is 5.04. The molecule has 1 aromatic heterocycles. The van der Waals surface area contributed by atoms with Crippen LogP contribution in [0.3, 0.4) is 0 Å². The molecule has 7 nitrogen and oxygen atoms in total. The first-order chi connectivity index (χ1) is 12.5. The van der Waals surface area contributed by atoms with Crippen LogP contribution < -0.4 is 0 Å². The first-order valence-corrected chi connectivity index (χ1v) is 8.13. The van der Waals surface area contributed by atoms with Gasteiger partial charge in [0, 0.05) is 5.56 Å². The summed E-state index contributed by atoms with van der Waals surface area (Å²) in [5.74, 6) is 0.0460. The molecule has 0 saturated heterocycles. The van der Waals surface area contributed by atoms with E-state index in [9.17, 15) is 4.79 Å². The summed E-state index contributed by atoms with van der Waals surface area (Å²) in [6, 6.07) is 16.2. The fourth-order valence-electron chi connectivity index (χ4n) is 2.34. The third kappa shape index (κ3) is 4.11. The molecule has 0 aliphatic rings. The lowest BCUT2D eigenvalue weighted by Crippen LogP contribution is -2.11. The molecule has 7 heteroatoms. The van der Waals surface area contributed by atoms with E-state index in [1.54, 1.807) is 44.2 Å². The van der Waals surface area contributed by atoms with Gasteiger partial charge in [0.05, 0.1) is 29.8 Å². The van der Waals surface area contributed by atoms with Gasteiger partial charge in [-0.2, -0.15) is 10.1 Å². The molecule has 3 aromatic rings. The summed E-state index contributed by atoms with van der Waals surface area (Å²) in [7, 11) is 0. The molecule has 0 fully saturated rings. The van der Waals surface area contributed by atoms with Crippen LogP contribution in [0.4, 0.5) is 0 Å². The number of esters is 1. The van der Waals surface area contributed by atoms with Crippen molar-refractivity contribution >= 4 is 5.97 Å². The number of rotatable bonds is 5. The number of hydrogen-bond acceptors (Lipinski definition) is 6. The predicted molar refractivity (Wildman–Crippen MR) is 94.1 cm³/mol. The normalized spacial score (nSPS) is 10.5. The van der Waals surface area contributed by atoms with Crippen molar-refractivity contribution in [2.24, 2.45) is 0 Å². The minimum absolute atomic E-state index is 0.183. The lowest BCUT2D eigenvalue weighted by Gasteiger charge is -2.08. The number of aromatic nitrogens is 4. The van der Waals surface area contributed by atoms with E-state index in [-0.39, 0.29) is 12.1 Å². The largest absolute Gasteiger partial charge is 0.459 e. The van der Waals surface area contributed by atoms with E-state index >= 15 is 0 Å². The fourth-order valence-corrected chi connectivity index (χ4v) is 2.34. The zero-order chi connectivity index (χ0) is 18.5. The quantitative estimate of drug-likeness (QED) is 0.659. The van der Waals surface area contributed by atoms with Crippen molar-refractivity contribution in [3.8, 4) is 17.5 Å². The lowest BCUT2D eigenvalue weighted by atomic mass is 10.1. The van der Waals surface area contributed by atoms with E-state index in [1.807, 2.05) is 18.2 Å². The van der Waals surface area contributed by atoms with Crippen LogP contribution in [0, 0.1) is 11.3 Å². The first kappa shape index (κ1) is 17.3. The van der Waals surface area contributed by atoms with Crippen molar-refractivity contribution in [1.82, 2.24) is 20.2 Å². The van der Waals surface area contributed by atoms with Crippen molar-refractivity contribution in [1.29, 1.82) is 5.26 Å². The van der Waals surface area contributed by atoms with Gasteiger partial charge < -0.3 is 4.74 Å². The van der Waals surface area contributed by atoms with Crippen molar-refractivity contribution in [3.63, 3.8) is 0 Å². The summed E-state index contributed by atoms with van der Waals surface area (Å²) in [4.78, 5) is 13.5. The Balaban J connectivity index is 1.77. The second kappa shape index (κ2) is 7.57. The second-order valence-electron chi connectivity index (χ2n) is 5.99. The van der Waals surface area contributed by atoms with Crippen LogP contribution in [0.1, 0.15) is 35.3 Å². The Bertz CT molecular complexity index is 955. The number of tetrazole rings is 1. The number of nitriles is 1. The molecule has 0 spiro atoms. The monoisotopic (exact) mass is 347 g/mol. The van der Waals surface area contributed by atoms with E-state index in [0.29, 0.717) is 29.1 Å². The molecule has 2 aromatic carbocycles. The molecule has 1 heterocycles. The number of hydrogen-bond donors (Lipinski definition) is 0. The molecular weight excluding hydrogens is 330 g/mol. The number of nitrogens with zero attached hydrogens (tertiary/aromatic N) is 5. The van der Waals surface area contributed by atoms with Crippen molar-refractivity contribution in [2.45, 2.75) is 26.5 Å². The van der Waals surface area contributed by atoms with Gasteiger partial charge in [-0.1, -0.05) is 24.3 Å². The van der Waals surface area contributed by atoms with Crippen LogP contribution in [-0.4, -0.2) is 32.3 Å². The van der Waals surface area contributed by atoms with Gasteiger partial charge in [-0.15, -0.1) is 10.2 Å². The Hall–Kier alpha value is -3.53. The third-order valence-electron chi connectivity index (χ3n) is 3.56. The van der Waals surface area contributed by atoms with Gasteiger partial charge in [0.2, 0.25) is 5.82 Å². The molecule has 0 amide bonds. The standard InChI is InChI=1S/C19H17N5O2/c1-13(2)26-19(25)17-5-3-4-16(10-17)18-21-23-24(22-18)12-15-8-6-14(11-20)7-9-15/h3-10,13H,12H2,1-2H3. The van der Waals surface area contributed by atoms with Crippen LogP contribution in [0.5, 0.6) is 0 Å². The summed E-state index contributed by atoms with van der Waals surface area (Å²) in [5, 5.41) is 21.3. The predicted octanol–water partition coefficient (Wildman–Crippen LogP) is 2.83. The zero-order valence-electron chi connectivity index (χ0n) is 14.5. The molecule has 0 unspecified atom stereocenters. The van der Waals surface area contributed by atoms with Crippen LogP contribution >= 0.6 is 0 Å². The summed E-state index contributed by atoms with van der Waals surface area (Å²) in [6.45, 7) is 4.05. The molecule has 0 atom stereocenters. The van der Waals surface area contributed by atoms with E-state index in [0.717, 1.165) is 5.56 Å². The van der Waals surface area contributed by atoms with Crippen molar-refractivity contribution in [3.05, 3.63) is 65.2 Å². The number of carbonyl (C=O) groups excluding carboxylic acids is 1. The Morgan fingerprint density at radius 3 is 2.69 bits per heavy atom. The number of carbonyl (C=O) groups is 1. The smallest absolute Gasteiger partial charge is 0.338 e. The van der Waals surface area contributed by atoms with Crippen molar-refractivity contribution < 1.29 is 9.53 Å². The van der Waals surface area contributed by atoms with Gasteiger partial charge in [-0.25, -0.2) is 4.79 Å². The number of ether oxygens (including phenoxy) is 1. The maximum absolute atomic E-state index is 12.0. The third-order valence-corrected chi connectivity index (χ3v) is 3.56. The van der Waals surface area contributed by atoms with E-state index in [2.05, 4.69) is 21.5 Å². The average Bonchev–Trinajstić information content (AvgIpc) is 3.10. The van der Waals surface area contributed by atoms with E-state index in [4.69, 9.17) is 10.00 Å².